The quantitative estimate of drug-likeness (QED) is 0.133. The van der Waals surface area contributed by atoms with Gasteiger partial charge in [-0.2, -0.15) is 26.3 Å². The van der Waals surface area contributed by atoms with E-state index < -0.39 is 101 Å². The molecule has 4 atom stereocenters. The molecular formula is C26H21F6N7O6. The van der Waals surface area contributed by atoms with Gasteiger partial charge in [-0.25, -0.2) is 14.8 Å². The molecule has 13 nitrogen and oxygen atoms in total. The lowest BCUT2D eigenvalue weighted by Crippen LogP contribution is -2.77. The Morgan fingerprint density at radius 1 is 1.00 bits per heavy atom. The molecule has 2 amide bonds. The summed E-state index contributed by atoms with van der Waals surface area (Å²) in [5, 5.41) is 25.5. The molecule has 7 N–H and O–H groups in total. The first-order chi connectivity index (χ1) is 20.9. The Labute approximate surface area is 247 Å². The van der Waals surface area contributed by atoms with Gasteiger partial charge >= 0.3 is 18.3 Å². The van der Waals surface area contributed by atoms with Crippen molar-refractivity contribution in [2.24, 2.45) is 21.5 Å². The zero-order chi connectivity index (χ0) is 32.9. The molecule has 2 unspecified atom stereocenters. The summed E-state index contributed by atoms with van der Waals surface area (Å²) in [6, 6.07) is 3.36. The first-order valence-corrected chi connectivity index (χ1v) is 13.0. The number of rotatable bonds is 4. The average Bonchev–Trinajstić information content (AvgIpc) is 3.51. The molecule has 19 heteroatoms. The first-order valence-electron chi connectivity index (χ1n) is 13.0. The third kappa shape index (κ3) is 4.36. The summed E-state index contributed by atoms with van der Waals surface area (Å²) in [4.78, 5) is 49.2. The van der Waals surface area contributed by atoms with Gasteiger partial charge in [-0.15, -0.1) is 0 Å². The van der Waals surface area contributed by atoms with Crippen LogP contribution in [0.1, 0.15) is 42.2 Å². The standard InChI is InChI=1S/C26H21F6N7O6/c27-25(28,29)10-5-6-14(26(30,31)32)13(7-10)20(42)45-16-9-39-22(34)35-15(17-23(39,24(16,43)44)37-21(33)36-17)8-38-18(40)11-3-1-2-4-12(11)19(38)41/h1-7,15-17,43-44H,8-9H2,(H2,34,35)(H3,33,36,37)/t15-,16?,17?,23+/m0/s1. The predicted molar refractivity (Wildman–Crippen MR) is 138 cm³/mol. The van der Waals surface area contributed by atoms with E-state index in [2.05, 4.69) is 15.3 Å². The van der Waals surface area contributed by atoms with Crippen molar-refractivity contribution in [1.29, 1.82) is 0 Å². The van der Waals surface area contributed by atoms with Gasteiger partial charge in [0.1, 0.15) is 6.04 Å². The molecule has 1 spiro atoms. The van der Waals surface area contributed by atoms with Crippen molar-refractivity contribution in [3.05, 3.63) is 70.3 Å². The molecule has 0 bridgehead atoms. The molecule has 2 aromatic rings. The van der Waals surface area contributed by atoms with Crippen molar-refractivity contribution in [2.45, 2.75) is 42.0 Å². The summed E-state index contributed by atoms with van der Waals surface area (Å²) in [7, 11) is 0. The molecule has 0 saturated carbocycles. The highest BCUT2D eigenvalue weighted by atomic mass is 19.4. The number of nitrogens with one attached hydrogen (secondary N) is 1. The Bertz CT molecular complexity index is 1670. The van der Waals surface area contributed by atoms with Crippen molar-refractivity contribution in [3.63, 3.8) is 0 Å². The number of ether oxygens (including phenoxy) is 1. The Kier molecular flexibility index (Phi) is 6.39. The maximum atomic E-state index is 13.6. The van der Waals surface area contributed by atoms with E-state index in [0.29, 0.717) is 0 Å². The molecule has 2 aromatic carbocycles. The number of esters is 1. The number of amides is 2. The maximum Gasteiger partial charge on any atom is 0.417 e. The maximum absolute atomic E-state index is 13.6. The highest BCUT2D eigenvalue weighted by molar-refractivity contribution is 6.21. The highest BCUT2D eigenvalue weighted by Crippen LogP contribution is 2.46. The number of fused-ring (bicyclic) bond motifs is 1. The minimum atomic E-state index is -5.28. The summed E-state index contributed by atoms with van der Waals surface area (Å²) in [5.41, 5.74) is 5.04. The number of halogens is 6. The smallest absolute Gasteiger partial charge is 0.417 e. The van der Waals surface area contributed by atoms with E-state index in [-0.39, 0.29) is 29.3 Å². The number of benzene rings is 2. The van der Waals surface area contributed by atoms with E-state index in [1.54, 1.807) is 12.1 Å². The molecule has 238 valence electrons. The van der Waals surface area contributed by atoms with Crippen molar-refractivity contribution in [3.8, 4) is 0 Å². The van der Waals surface area contributed by atoms with Crippen LogP contribution in [0, 0.1) is 0 Å². The van der Waals surface area contributed by atoms with Gasteiger partial charge in [-0.1, -0.05) is 12.1 Å². The number of guanidine groups is 2. The predicted octanol–water partition coefficient (Wildman–Crippen LogP) is 0.222. The highest BCUT2D eigenvalue weighted by Gasteiger charge is 2.74. The van der Waals surface area contributed by atoms with Gasteiger partial charge in [-0.3, -0.25) is 14.5 Å². The van der Waals surface area contributed by atoms with Crippen LogP contribution in [0.2, 0.25) is 0 Å². The van der Waals surface area contributed by atoms with Crippen LogP contribution < -0.4 is 16.8 Å². The Hall–Kier alpha value is -4.91. The lowest BCUT2D eigenvalue weighted by molar-refractivity contribution is -0.256. The molecular weight excluding hydrogens is 620 g/mol. The van der Waals surface area contributed by atoms with Crippen molar-refractivity contribution in [1.82, 2.24) is 15.1 Å². The van der Waals surface area contributed by atoms with Crippen LogP contribution in [0.5, 0.6) is 0 Å². The Balaban J connectivity index is 1.33. The second-order valence-electron chi connectivity index (χ2n) is 10.7. The number of imide groups is 1. The van der Waals surface area contributed by atoms with Crippen molar-refractivity contribution < 1.29 is 55.7 Å². The van der Waals surface area contributed by atoms with Crippen LogP contribution >= 0.6 is 0 Å². The summed E-state index contributed by atoms with van der Waals surface area (Å²) in [6.45, 7) is -1.23. The van der Waals surface area contributed by atoms with Gasteiger partial charge in [0.15, 0.2) is 23.7 Å². The molecule has 0 aliphatic carbocycles. The second-order valence-corrected chi connectivity index (χ2v) is 10.7. The number of hydrogen-bond acceptors (Lipinski definition) is 12. The van der Waals surface area contributed by atoms with Gasteiger partial charge in [0.25, 0.3) is 11.8 Å². The van der Waals surface area contributed by atoms with Crippen LogP contribution in [0.25, 0.3) is 0 Å². The van der Waals surface area contributed by atoms with Gasteiger partial charge in [-0.05, 0) is 30.3 Å². The fourth-order valence-corrected chi connectivity index (χ4v) is 6.09. The third-order valence-electron chi connectivity index (χ3n) is 8.12. The topological polar surface area (TPSA) is 196 Å². The molecule has 6 rings (SSSR count). The molecule has 0 radical (unpaired) electrons. The largest absolute Gasteiger partial charge is 0.451 e. The zero-order valence-electron chi connectivity index (χ0n) is 22.4. The molecule has 0 aromatic heterocycles. The Morgan fingerprint density at radius 2 is 1.62 bits per heavy atom. The average molecular weight is 641 g/mol. The monoisotopic (exact) mass is 641 g/mol. The lowest BCUT2D eigenvalue weighted by Gasteiger charge is -2.48. The molecule has 1 fully saturated rings. The minimum absolute atomic E-state index is 0.0543. The van der Waals surface area contributed by atoms with E-state index in [1.165, 1.54) is 12.1 Å². The van der Waals surface area contributed by atoms with E-state index >= 15 is 0 Å². The summed E-state index contributed by atoms with van der Waals surface area (Å²) >= 11 is 0. The van der Waals surface area contributed by atoms with Crippen LogP contribution in [-0.2, 0) is 17.1 Å². The molecule has 1 saturated heterocycles. The number of carbonyl (C=O) groups excluding carboxylic acids is 3. The molecule has 4 aliphatic heterocycles. The number of aliphatic hydroxyl groups is 2. The van der Waals surface area contributed by atoms with Crippen LogP contribution in [-0.4, -0.2) is 92.4 Å². The van der Waals surface area contributed by atoms with Gasteiger partial charge < -0.3 is 36.6 Å². The van der Waals surface area contributed by atoms with Crippen molar-refractivity contribution in [2.75, 3.05) is 13.1 Å². The third-order valence-corrected chi connectivity index (χ3v) is 8.12. The fourth-order valence-electron chi connectivity index (χ4n) is 6.09. The van der Waals surface area contributed by atoms with Crippen molar-refractivity contribution >= 4 is 29.7 Å². The fraction of sp³-hybridized carbons (Fsp3) is 0.346. The van der Waals surface area contributed by atoms with E-state index in [1.807, 2.05) is 0 Å². The van der Waals surface area contributed by atoms with E-state index in [0.717, 1.165) is 9.80 Å². The minimum Gasteiger partial charge on any atom is -0.451 e. The molecule has 4 heterocycles. The first kappa shape index (κ1) is 30.1. The summed E-state index contributed by atoms with van der Waals surface area (Å²) in [5.74, 6) is -7.46. The summed E-state index contributed by atoms with van der Waals surface area (Å²) < 4.78 is 85.9. The summed E-state index contributed by atoms with van der Waals surface area (Å²) in [6.07, 6.45) is -12.6. The number of hydrogen-bond donors (Lipinski definition) is 5. The van der Waals surface area contributed by atoms with Gasteiger partial charge in [0.05, 0.1) is 46.9 Å². The Morgan fingerprint density at radius 3 is 2.20 bits per heavy atom. The van der Waals surface area contributed by atoms with E-state index in [9.17, 15) is 50.9 Å². The normalized spacial score (nSPS) is 27.0. The number of carbonyl (C=O) groups is 3. The van der Waals surface area contributed by atoms with Crippen LogP contribution in [0.15, 0.2) is 52.4 Å². The van der Waals surface area contributed by atoms with Gasteiger partial charge in [0.2, 0.25) is 5.79 Å². The number of alkyl halides is 6. The van der Waals surface area contributed by atoms with Crippen LogP contribution in [0.4, 0.5) is 26.3 Å². The number of nitrogens with two attached hydrogens (primary N) is 2. The van der Waals surface area contributed by atoms with Crippen LogP contribution in [0.3, 0.4) is 0 Å². The van der Waals surface area contributed by atoms with Gasteiger partial charge in [0, 0.05) is 0 Å². The lowest BCUT2D eigenvalue weighted by atomic mass is 9.85. The number of aliphatic imine (C=N–C) groups is 2. The molecule has 45 heavy (non-hydrogen) atoms. The SMILES string of the molecule is NC1=NC2[C@H](CN3C(=O)c4ccccc4C3=O)N=C(N)N3CC(OC(=O)c4cc(C(F)(F)F)ccc4C(F)(F)F)C(O)(O)[C@@]23N1. The second kappa shape index (κ2) is 9.54. The number of nitrogens with zero attached hydrogens (tertiary/aromatic N) is 4. The zero-order valence-corrected chi connectivity index (χ0v) is 22.4. The molecule has 4 aliphatic rings. The van der Waals surface area contributed by atoms with E-state index in [4.69, 9.17) is 16.2 Å².